The maximum absolute atomic E-state index is 14.2. The molecular weight excluding hydrogens is 259 g/mol. The number of aromatic hydroxyl groups is 2. The normalized spacial score (nSPS) is 15.2. The van der Waals surface area contributed by atoms with Crippen LogP contribution in [0.2, 0.25) is 0 Å². The van der Waals surface area contributed by atoms with Crippen LogP contribution in [0.3, 0.4) is 0 Å². The van der Waals surface area contributed by atoms with Gasteiger partial charge in [0.15, 0.2) is 0 Å². The summed E-state index contributed by atoms with van der Waals surface area (Å²) in [5.41, 5.74) is 1.68. The van der Waals surface area contributed by atoms with Gasteiger partial charge < -0.3 is 14.9 Å². The summed E-state index contributed by atoms with van der Waals surface area (Å²) in [6, 6.07) is 5.82. The van der Waals surface area contributed by atoms with Crippen molar-refractivity contribution in [2.75, 3.05) is 0 Å². The molecule has 0 bridgehead atoms. The first-order valence-corrected chi connectivity index (χ1v) is 6.35. The molecule has 1 aliphatic rings. The van der Waals surface area contributed by atoms with Gasteiger partial charge in [0.1, 0.15) is 28.7 Å². The second kappa shape index (κ2) is 3.88. The largest absolute Gasteiger partial charge is 0.508 e. The summed E-state index contributed by atoms with van der Waals surface area (Å²) in [5.74, 6) is -0.244. The quantitative estimate of drug-likeness (QED) is 0.767. The van der Waals surface area contributed by atoms with E-state index in [1.807, 2.05) is 13.8 Å². The molecule has 1 aliphatic heterocycles. The Morgan fingerprint density at radius 2 is 1.80 bits per heavy atom. The van der Waals surface area contributed by atoms with Gasteiger partial charge >= 0.3 is 0 Å². The van der Waals surface area contributed by atoms with Crippen LogP contribution in [0, 0.1) is 12.7 Å². The van der Waals surface area contributed by atoms with Crippen molar-refractivity contribution in [3.63, 3.8) is 0 Å². The zero-order chi connectivity index (χ0) is 14.7. The Hall–Kier alpha value is -2.23. The average molecular weight is 274 g/mol. The molecule has 0 atom stereocenters. The number of fused-ring (bicyclic) bond motifs is 3. The minimum absolute atomic E-state index is 0.156. The van der Waals surface area contributed by atoms with Crippen molar-refractivity contribution >= 4 is 0 Å². The first-order valence-electron chi connectivity index (χ1n) is 6.35. The Bertz CT molecular complexity index is 720. The lowest BCUT2D eigenvalue weighted by molar-refractivity contribution is 0.104. The van der Waals surface area contributed by atoms with E-state index < -0.39 is 11.4 Å². The lowest BCUT2D eigenvalue weighted by Crippen LogP contribution is -2.29. The molecule has 3 nitrogen and oxygen atoms in total. The fraction of sp³-hybridized carbons (Fsp3) is 0.250. The minimum Gasteiger partial charge on any atom is -0.508 e. The van der Waals surface area contributed by atoms with Gasteiger partial charge in [0.2, 0.25) is 0 Å². The summed E-state index contributed by atoms with van der Waals surface area (Å²) in [6.07, 6.45) is 0. The second-order valence-electron chi connectivity index (χ2n) is 5.60. The van der Waals surface area contributed by atoms with Gasteiger partial charge in [-0.15, -0.1) is 0 Å². The summed E-state index contributed by atoms with van der Waals surface area (Å²) in [7, 11) is 0. The van der Waals surface area contributed by atoms with Gasteiger partial charge in [0.25, 0.3) is 0 Å². The number of aryl methyl sites for hydroxylation is 1. The summed E-state index contributed by atoms with van der Waals surface area (Å²) in [4.78, 5) is 0. The highest BCUT2D eigenvalue weighted by Crippen LogP contribution is 2.48. The first-order chi connectivity index (χ1) is 9.29. The smallest absolute Gasteiger partial charge is 0.138 e. The van der Waals surface area contributed by atoms with Crippen LogP contribution in [0.25, 0.3) is 11.1 Å². The third-order valence-corrected chi connectivity index (χ3v) is 3.66. The minimum atomic E-state index is -0.715. The summed E-state index contributed by atoms with van der Waals surface area (Å²) < 4.78 is 20.0. The van der Waals surface area contributed by atoms with E-state index in [-0.39, 0.29) is 11.5 Å². The van der Waals surface area contributed by atoms with Crippen LogP contribution in [-0.4, -0.2) is 10.2 Å². The van der Waals surface area contributed by atoms with Gasteiger partial charge in [-0.3, -0.25) is 0 Å². The molecule has 0 fully saturated rings. The van der Waals surface area contributed by atoms with Gasteiger partial charge in [0.05, 0.1) is 5.56 Å². The van der Waals surface area contributed by atoms with E-state index >= 15 is 0 Å². The Balaban J connectivity index is 2.39. The van der Waals surface area contributed by atoms with Crippen LogP contribution in [0.4, 0.5) is 4.39 Å². The molecule has 2 aromatic rings. The molecule has 0 saturated carbocycles. The number of ether oxygens (including phenoxy) is 1. The van der Waals surface area contributed by atoms with E-state index in [0.29, 0.717) is 22.4 Å². The number of rotatable bonds is 0. The van der Waals surface area contributed by atoms with Gasteiger partial charge in [-0.25, -0.2) is 4.39 Å². The Morgan fingerprint density at radius 3 is 2.50 bits per heavy atom. The fourth-order valence-corrected chi connectivity index (χ4v) is 2.64. The molecule has 0 unspecified atom stereocenters. The van der Waals surface area contributed by atoms with Crippen molar-refractivity contribution < 1.29 is 19.3 Å². The Kier molecular flexibility index (Phi) is 2.48. The van der Waals surface area contributed by atoms with Crippen molar-refractivity contribution in [2.45, 2.75) is 26.4 Å². The SMILES string of the molecule is Cc1cc2c(cc1O)C(C)(C)Oc1cc(O)cc(F)c1-2. The molecule has 4 heteroatoms. The van der Waals surface area contributed by atoms with Crippen molar-refractivity contribution in [3.8, 4) is 28.4 Å². The highest BCUT2D eigenvalue weighted by molar-refractivity contribution is 5.79. The zero-order valence-electron chi connectivity index (χ0n) is 11.5. The van der Waals surface area contributed by atoms with Gasteiger partial charge in [-0.05, 0) is 44.0 Å². The summed E-state index contributed by atoms with van der Waals surface area (Å²) >= 11 is 0. The molecular formula is C16H15FO3. The molecule has 3 rings (SSSR count). The Morgan fingerprint density at radius 1 is 1.10 bits per heavy atom. The van der Waals surface area contributed by atoms with Crippen LogP contribution in [0.1, 0.15) is 25.0 Å². The van der Waals surface area contributed by atoms with Crippen LogP contribution < -0.4 is 4.74 Å². The van der Waals surface area contributed by atoms with E-state index in [0.717, 1.165) is 11.6 Å². The maximum Gasteiger partial charge on any atom is 0.138 e. The molecule has 0 saturated heterocycles. The zero-order valence-corrected chi connectivity index (χ0v) is 11.5. The molecule has 0 aromatic heterocycles. The predicted octanol–water partition coefficient (Wildman–Crippen LogP) is 3.84. The van der Waals surface area contributed by atoms with Gasteiger partial charge in [-0.1, -0.05) is 0 Å². The van der Waals surface area contributed by atoms with Crippen LogP contribution in [0.15, 0.2) is 24.3 Å². The molecule has 0 aliphatic carbocycles. The summed E-state index contributed by atoms with van der Waals surface area (Å²) in [6.45, 7) is 5.44. The van der Waals surface area contributed by atoms with E-state index in [4.69, 9.17) is 4.74 Å². The van der Waals surface area contributed by atoms with Gasteiger partial charge in [-0.2, -0.15) is 0 Å². The maximum atomic E-state index is 14.2. The number of benzene rings is 2. The van der Waals surface area contributed by atoms with Crippen LogP contribution >= 0.6 is 0 Å². The highest BCUT2D eigenvalue weighted by Gasteiger charge is 2.35. The number of phenolic OH excluding ortho intramolecular Hbond substituents is 2. The molecule has 2 N–H and O–H groups in total. The van der Waals surface area contributed by atoms with Crippen LogP contribution in [-0.2, 0) is 5.60 Å². The Labute approximate surface area is 116 Å². The fourth-order valence-electron chi connectivity index (χ4n) is 2.64. The number of hydrogen-bond acceptors (Lipinski definition) is 3. The third-order valence-electron chi connectivity index (χ3n) is 3.66. The first kappa shape index (κ1) is 12.8. The molecule has 0 radical (unpaired) electrons. The monoisotopic (exact) mass is 274 g/mol. The standard InChI is InChI=1S/C16H15FO3/c1-8-4-10-11(7-13(8)19)16(2,3)20-14-6-9(18)5-12(17)15(10)14/h4-7,18-19H,1-3H3. The average Bonchev–Trinajstić information content (AvgIpc) is 2.30. The predicted molar refractivity (Wildman–Crippen MR) is 73.6 cm³/mol. The van der Waals surface area contributed by atoms with Crippen molar-refractivity contribution in [3.05, 3.63) is 41.2 Å². The van der Waals surface area contributed by atoms with Crippen molar-refractivity contribution in [2.24, 2.45) is 0 Å². The molecule has 20 heavy (non-hydrogen) atoms. The van der Waals surface area contributed by atoms with Crippen LogP contribution in [0.5, 0.6) is 17.2 Å². The molecule has 2 aromatic carbocycles. The number of hydrogen-bond donors (Lipinski definition) is 2. The molecule has 1 heterocycles. The molecule has 104 valence electrons. The second-order valence-corrected chi connectivity index (χ2v) is 5.60. The van der Waals surface area contributed by atoms with E-state index in [1.165, 1.54) is 6.07 Å². The number of phenols is 2. The van der Waals surface area contributed by atoms with Crippen molar-refractivity contribution in [1.29, 1.82) is 0 Å². The van der Waals surface area contributed by atoms with Crippen molar-refractivity contribution in [1.82, 2.24) is 0 Å². The molecule has 0 amide bonds. The topological polar surface area (TPSA) is 49.7 Å². The van der Waals surface area contributed by atoms with E-state index in [2.05, 4.69) is 0 Å². The summed E-state index contributed by atoms with van der Waals surface area (Å²) in [5, 5.41) is 19.4. The lowest BCUT2D eigenvalue weighted by Gasteiger charge is -2.35. The number of halogens is 1. The van der Waals surface area contributed by atoms with E-state index in [1.54, 1.807) is 19.1 Å². The molecule has 0 spiro atoms. The van der Waals surface area contributed by atoms with Gasteiger partial charge in [0, 0.05) is 17.7 Å². The lowest BCUT2D eigenvalue weighted by atomic mass is 9.84. The third kappa shape index (κ3) is 1.72. The van der Waals surface area contributed by atoms with E-state index in [9.17, 15) is 14.6 Å². The highest BCUT2D eigenvalue weighted by atomic mass is 19.1.